The first-order valence-electron chi connectivity index (χ1n) is 3.29. The number of rotatable bonds is 3. The second kappa shape index (κ2) is 4.27. The van der Waals surface area contributed by atoms with Gasteiger partial charge in [-0.05, 0) is 11.6 Å². The highest BCUT2D eigenvalue weighted by Crippen LogP contribution is 2.11. The smallest absolute Gasteiger partial charge is 0.255 e. The van der Waals surface area contributed by atoms with E-state index in [0.29, 0.717) is 0 Å². The summed E-state index contributed by atoms with van der Waals surface area (Å²) in [5.41, 5.74) is 0. The van der Waals surface area contributed by atoms with Crippen LogP contribution in [0.3, 0.4) is 0 Å². The Balaban J connectivity index is 2.70. The maximum atomic E-state index is 12.7. The average molecular weight is 212 g/mol. The first-order chi connectivity index (χ1) is 6.09. The standard InChI is InChI=1S/C6H5ClF3N3/c7-6-12-1-3(8)5(13-6)11-2-4(9)10/h1,4H,2H2,(H,11,12,13). The molecule has 3 nitrogen and oxygen atoms in total. The van der Waals surface area contributed by atoms with Crippen molar-refractivity contribution in [2.75, 3.05) is 11.9 Å². The molecule has 0 radical (unpaired) electrons. The van der Waals surface area contributed by atoms with Gasteiger partial charge in [0.25, 0.3) is 6.43 Å². The summed E-state index contributed by atoms with van der Waals surface area (Å²) in [5, 5.41) is 1.90. The molecule has 1 heterocycles. The minimum atomic E-state index is -2.58. The molecular weight excluding hydrogens is 207 g/mol. The van der Waals surface area contributed by atoms with Crippen LogP contribution in [0, 0.1) is 5.82 Å². The van der Waals surface area contributed by atoms with Crippen molar-refractivity contribution < 1.29 is 13.2 Å². The van der Waals surface area contributed by atoms with Crippen molar-refractivity contribution in [3.05, 3.63) is 17.3 Å². The molecule has 0 fully saturated rings. The maximum Gasteiger partial charge on any atom is 0.255 e. The minimum absolute atomic E-state index is 0.196. The van der Waals surface area contributed by atoms with Gasteiger partial charge < -0.3 is 5.32 Å². The molecular formula is C6H5ClF3N3. The molecule has 13 heavy (non-hydrogen) atoms. The van der Waals surface area contributed by atoms with E-state index in [1.54, 1.807) is 0 Å². The molecule has 1 N–H and O–H groups in total. The highest BCUT2D eigenvalue weighted by Gasteiger charge is 2.08. The quantitative estimate of drug-likeness (QED) is 0.777. The Morgan fingerprint density at radius 3 is 2.85 bits per heavy atom. The zero-order valence-corrected chi connectivity index (χ0v) is 7.02. The van der Waals surface area contributed by atoms with E-state index in [4.69, 9.17) is 11.6 Å². The molecule has 72 valence electrons. The molecule has 0 saturated carbocycles. The molecule has 7 heteroatoms. The van der Waals surface area contributed by atoms with Crippen molar-refractivity contribution in [2.24, 2.45) is 0 Å². The number of hydrogen-bond acceptors (Lipinski definition) is 3. The van der Waals surface area contributed by atoms with Gasteiger partial charge in [0.05, 0.1) is 12.7 Å². The van der Waals surface area contributed by atoms with Crippen LogP contribution >= 0.6 is 11.6 Å². The van der Waals surface area contributed by atoms with Gasteiger partial charge >= 0.3 is 0 Å². The zero-order valence-electron chi connectivity index (χ0n) is 6.27. The van der Waals surface area contributed by atoms with Crippen molar-refractivity contribution in [2.45, 2.75) is 6.43 Å². The molecule has 0 aromatic carbocycles. The second-order valence-corrected chi connectivity index (χ2v) is 2.45. The lowest BCUT2D eigenvalue weighted by Crippen LogP contribution is -2.12. The highest BCUT2D eigenvalue weighted by atomic mass is 35.5. The molecule has 0 amide bonds. The largest absolute Gasteiger partial charge is 0.362 e. The number of aromatic nitrogens is 2. The summed E-state index contributed by atoms with van der Waals surface area (Å²) in [7, 11) is 0. The molecule has 0 bridgehead atoms. The van der Waals surface area contributed by atoms with Crippen molar-refractivity contribution in [1.29, 1.82) is 0 Å². The van der Waals surface area contributed by atoms with E-state index in [1.165, 1.54) is 0 Å². The Labute approximate surface area is 77.0 Å². The number of alkyl halides is 2. The van der Waals surface area contributed by atoms with E-state index in [0.717, 1.165) is 6.20 Å². The molecule has 0 aliphatic heterocycles. The van der Waals surface area contributed by atoms with Crippen LogP contribution in [0.15, 0.2) is 6.20 Å². The molecule has 0 atom stereocenters. The van der Waals surface area contributed by atoms with Gasteiger partial charge in [0.2, 0.25) is 5.28 Å². The predicted molar refractivity (Wildman–Crippen MR) is 41.5 cm³/mol. The van der Waals surface area contributed by atoms with Crippen LogP contribution in [-0.2, 0) is 0 Å². The van der Waals surface area contributed by atoms with Crippen LogP contribution < -0.4 is 5.32 Å². The zero-order chi connectivity index (χ0) is 9.84. The highest BCUT2D eigenvalue weighted by molar-refractivity contribution is 6.28. The number of nitrogens with one attached hydrogen (secondary N) is 1. The first-order valence-corrected chi connectivity index (χ1v) is 3.67. The molecule has 0 spiro atoms. The molecule has 1 aromatic heterocycles. The van der Waals surface area contributed by atoms with Crippen LogP contribution in [0.5, 0.6) is 0 Å². The fourth-order valence-electron chi connectivity index (χ4n) is 0.643. The predicted octanol–water partition coefficient (Wildman–Crippen LogP) is 1.95. The van der Waals surface area contributed by atoms with Crippen LogP contribution in [0.1, 0.15) is 0 Å². The fourth-order valence-corrected chi connectivity index (χ4v) is 0.777. The first kappa shape index (κ1) is 10.0. The summed E-state index contributed by atoms with van der Waals surface area (Å²) < 4.78 is 36.1. The summed E-state index contributed by atoms with van der Waals surface area (Å²) in [6.45, 7) is -0.676. The van der Waals surface area contributed by atoms with Crippen molar-refractivity contribution in [1.82, 2.24) is 9.97 Å². The fraction of sp³-hybridized carbons (Fsp3) is 0.333. The molecule has 0 unspecified atom stereocenters. The van der Waals surface area contributed by atoms with Crippen molar-refractivity contribution in [3.8, 4) is 0 Å². The Bertz CT molecular complexity index is 294. The number of halogens is 4. The third kappa shape index (κ3) is 3.06. The Kier molecular flexibility index (Phi) is 3.30. The van der Waals surface area contributed by atoms with Gasteiger partial charge in [-0.2, -0.15) is 4.98 Å². The Morgan fingerprint density at radius 2 is 2.23 bits per heavy atom. The van der Waals surface area contributed by atoms with E-state index < -0.39 is 18.8 Å². The van der Waals surface area contributed by atoms with Gasteiger partial charge in [-0.15, -0.1) is 0 Å². The molecule has 0 aliphatic rings. The SMILES string of the molecule is Fc1cnc(Cl)nc1NCC(F)F. The van der Waals surface area contributed by atoms with Gasteiger partial charge in [0.1, 0.15) is 0 Å². The van der Waals surface area contributed by atoms with E-state index in [2.05, 4.69) is 15.3 Å². The van der Waals surface area contributed by atoms with Gasteiger partial charge in [0, 0.05) is 0 Å². The molecule has 1 aromatic rings. The van der Waals surface area contributed by atoms with Gasteiger partial charge in [0.15, 0.2) is 11.6 Å². The van der Waals surface area contributed by atoms with Crippen LogP contribution in [0.2, 0.25) is 5.28 Å². The molecule has 1 rings (SSSR count). The van der Waals surface area contributed by atoms with E-state index in [-0.39, 0.29) is 11.1 Å². The number of anilines is 1. The van der Waals surface area contributed by atoms with Gasteiger partial charge in [-0.25, -0.2) is 18.2 Å². The van der Waals surface area contributed by atoms with E-state index in [1.807, 2.05) is 0 Å². The van der Waals surface area contributed by atoms with Crippen LogP contribution in [0.25, 0.3) is 0 Å². The molecule has 0 saturated heterocycles. The average Bonchev–Trinajstić information content (AvgIpc) is 2.06. The lowest BCUT2D eigenvalue weighted by Gasteiger charge is -2.04. The van der Waals surface area contributed by atoms with E-state index in [9.17, 15) is 13.2 Å². The van der Waals surface area contributed by atoms with E-state index >= 15 is 0 Å². The number of hydrogen-bond donors (Lipinski definition) is 1. The third-order valence-electron chi connectivity index (χ3n) is 1.14. The summed E-state index contributed by atoms with van der Waals surface area (Å²) in [6.07, 6.45) is -1.77. The van der Waals surface area contributed by atoms with Crippen molar-refractivity contribution in [3.63, 3.8) is 0 Å². The minimum Gasteiger partial charge on any atom is -0.362 e. The summed E-state index contributed by atoms with van der Waals surface area (Å²) in [5.74, 6) is -1.13. The normalized spacial score (nSPS) is 10.5. The lowest BCUT2D eigenvalue weighted by molar-refractivity contribution is 0.163. The van der Waals surface area contributed by atoms with Gasteiger partial charge in [-0.1, -0.05) is 0 Å². The second-order valence-electron chi connectivity index (χ2n) is 2.11. The summed E-state index contributed by atoms with van der Waals surface area (Å²) >= 11 is 5.32. The summed E-state index contributed by atoms with van der Waals surface area (Å²) in [4.78, 5) is 6.70. The van der Waals surface area contributed by atoms with Crippen LogP contribution in [-0.4, -0.2) is 22.9 Å². The lowest BCUT2D eigenvalue weighted by atomic mass is 10.5. The Morgan fingerprint density at radius 1 is 1.54 bits per heavy atom. The third-order valence-corrected chi connectivity index (χ3v) is 1.32. The topological polar surface area (TPSA) is 37.8 Å². The molecule has 0 aliphatic carbocycles. The number of nitrogens with zero attached hydrogens (tertiary/aromatic N) is 2. The van der Waals surface area contributed by atoms with Crippen molar-refractivity contribution >= 4 is 17.4 Å². The van der Waals surface area contributed by atoms with Crippen LogP contribution in [0.4, 0.5) is 19.0 Å². The monoisotopic (exact) mass is 211 g/mol. The maximum absolute atomic E-state index is 12.7. The van der Waals surface area contributed by atoms with Gasteiger partial charge in [-0.3, -0.25) is 0 Å². The summed E-state index contributed by atoms with van der Waals surface area (Å²) in [6, 6.07) is 0. The Hall–Kier alpha value is -1.04.